The highest BCUT2D eigenvalue weighted by atomic mass is 32.2. The molecule has 3 aromatic carbocycles. The van der Waals surface area contributed by atoms with E-state index >= 15 is 0 Å². The molecule has 1 heterocycles. The van der Waals surface area contributed by atoms with Crippen molar-refractivity contribution in [3.05, 3.63) is 90.5 Å². The number of aromatic nitrogens is 2. The Kier molecular flexibility index (Phi) is 6.46. The normalized spacial score (nSPS) is 10.4. The van der Waals surface area contributed by atoms with Crippen LogP contribution in [0.5, 0.6) is 0 Å². The molecule has 0 bridgehead atoms. The van der Waals surface area contributed by atoms with Crippen LogP contribution >= 0.6 is 11.8 Å². The van der Waals surface area contributed by atoms with E-state index in [0.29, 0.717) is 17.3 Å². The van der Waals surface area contributed by atoms with Gasteiger partial charge in [0, 0.05) is 16.8 Å². The molecular weight excluding hydrogens is 404 g/mol. The minimum atomic E-state index is -0.114. The van der Waals surface area contributed by atoms with Crippen molar-refractivity contribution in [2.24, 2.45) is 0 Å². The number of amides is 1. The second kappa shape index (κ2) is 9.79. The fourth-order valence-electron chi connectivity index (χ4n) is 3.17. The summed E-state index contributed by atoms with van der Waals surface area (Å²) in [5.74, 6) is 0.118. The molecule has 0 aliphatic heterocycles. The second-order valence-electron chi connectivity index (χ2n) is 6.87. The Balaban J connectivity index is 1.48. The van der Waals surface area contributed by atoms with Crippen LogP contribution in [0.2, 0.25) is 0 Å². The quantitative estimate of drug-likeness (QED) is 0.382. The molecule has 2 N–H and O–H groups in total. The number of hydrogen-bond donors (Lipinski definition) is 2. The molecule has 0 atom stereocenters. The molecule has 5 nitrogen and oxygen atoms in total. The summed E-state index contributed by atoms with van der Waals surface area (Å²) in [6, 6.07) is 29.5. The highest BCUT2D eigenvalue weighted by molar-refractivity contribution is 7.99. The highest BCUT2D eigenvalue weighted by Gasteiger charge is 2.15. The number of thioether (sulfide) groups is 1. The number of nitrogens with zero attached hydrogens (tertiary/aromatic N) is 2. The van der Waals surface area contributed by atoms with E-state index in [1.54, 1.807) is 0 Å². The van der Waals surface area contributed by atoms with Gasteiger partial charge in [-0.2, -0.15) is 5.26 Å². The Morgan fingerprint density at radius 2 is 1.58 bits per heavy atom. The maximum absolute atomic E-state index is 12.4. The van der Waals surface area contributed by atoms with Crippen molar-refractivity contribution in [2.45, 2.75) is 11.6 Å². The molecule has 0 spiro atoms. The third-order valence-corrected chi connectivity index (χ3v) is 5.53. The van der Waals surface area contributed by atoms with Crippen molar-refractivity contribution >= 4 is 23.4 Å². The van der Waals surface area contributed by atoms with Crippen molar-refractivity contribution < 1.29 is 4.79 Å². The number of nitriles is 1. The predicted molar refractivity (Wildman–Crippen MR) is 125 cm³/mol. The summed E-state index contributed by atoms with van der Waals surface area (Å²) in [6.45, 7) is 0. The Labute approximate surface area is 185 Å². The lowest BCUT2D eigenvalue weighted by molar-refractivity contribution is -0.113. The van der Waals surface area contributed by atoms with Gasteiger partial charge in [0.2, 0.25) is 5.91 Å². The number of benzene rings is 3. The standard InChI is InChI=1S/C25H20N4OS/c26-16-15-18-11-13-21(14-12-18)27-22(30)17-31-25-28-23(19-7-3-1-4-8-19)24(29-25)20-9-5-2-6-10-20/h1-14H,15,17H2,(H,27,30)(H,28,29). The van der Waals surface area contributed by atoms with E-state index in [1.807, 2.05) is 84.9 Å². The van der Waals surface area contributed by atoms with Crippen LogP contribution in [0.4, 0.5) is 5.69 Å². The van der Waals surface area contributed by atoms with Crippen LogP contribution in [-0.4, -0.2) is 21.6 Å². The Morgan fingerprint density at radius 1 is 0.935 bits per heavy atom. The number of H-pyrrole nitrogens is 1. The smallest absolute Gasteiger partial charge is 0.234 e. The summed E-state index contributed by atoms with van der Waals surface area (Å²) >= 11 is 1.36. The van der Waals surface area contributed by atoms with Gasteiger partial charge < -0.3 is 10.3 Å². The molecule has 4 rings (SSSR count). The third-order valence-electron chi connectivity index (χ3n) is 4.65. The van der Waals surface area contributed by atoms with E-state index in [2.05, 4.69) is 16.4 Å². The van der Waals surface area contributed by atoms with Crippen molar-refractivity contribution in [3.63, 3.8) is 0 Å². The van der Waals surface area contributed by atoms with E-state index in [0.717, 1.165) is 28.1 Å². The molecule has 0 radical (unpaired) electrons. The Bertz CT molecular complexity index is 1140. The zero-order valence-corrected chi connectivity index (χ0v) is 17.5. The maximum Gasteiger partial charge on any atom is 0.234 e. The lowest BCUT2D eigenvalue weighted by atomic mass is 10.1. The monoisotopic (exact) mass is 424 g/mol. The van der Waals surface area contributed by atoms with Gasteiger partial charge in [-0.05, 0) is 17.7 Å². The number of nitrogens with one attached hydrogen (secondary N) is 2. The molecule has 0 unspecified atom stereocenters. The van der Waals surface area contributed by atoms with Crippen LogP contribution in [0.15, 0.2) is 90.1 Å². The van der Waals surface area contributed by atoms with Crippen molar-refractivity contribution in [1.82, 2.24) is 9.97 Å². The fourth-order valence-corrected chi connectivity index (χ4v) is 3.84. The van der Waals surface area contributed by atoms with Crippen LogP contribution in [0.3, 0.4) is 0 Å². The van der Waals surface area contributed by atoms with Crippen LogP contribution < -0.4 is 5.32 Å². The average molecular weight is 425 g/mol. The number of hydrogen-bond acceptors (Lipinski definition) is 4. The Hall–Kier alpha value is -3.82. The van der Waals surface area contributed by atoms with Gasteiger partial charge in [0.1, 0.15) is 0 Å². The van der Waals surface area contributed by atoms with Crippen LogP contribution in [-0.2, 0) is 11.2 Å². The molecular formula is C25H20N4OS. The van der Waals surface area contributed by atoms with Gasteiger partial charge in [-0.25, -0.2) is 4.98 Å². The zero-order valence-electron chi connectivity index (χ0n) is 16.7. The summed E-state index contributed by atoms with van der Waals surface area (Å²) in [6.07, 6.45) is 0.357. The minimum Gasteiger partial charge on any atom is -0.332 e. The number of anilines is 1. The first-order valence-corrected chi connectivity index (χ1v) is 10.8. The molecule has 0 aliphatic carbocycles. The van der Waals surface area contributed by atoms with Crippen LogP contribution in [0.1, 0.15) is 5.56 Å². The lowest BCUT2D eigenvalue weighted by Crippen LogP contribution is -2.14. The van der Waals surface area contributed by atoms with Crippen LogP contribution in [0.25, 0.3) is 22.5 Å². The number of carbonyl (C=O) groups is 1. The molecule has 4 aromatic rings. The fraction of sp³-hybridized carbons (Fsp3) is 0.0800. The van der Waals surface area contributed by atoms with E-state index in [9.17, 15) is 4.79 Å². The zero-order chi connectivity index (χ0) is 21.5. The van der Waals surface area contributed by atoms with Crippen molar-refractivity contribution in [3.8, 4) is 28.6 Å². The highest BCUT2D eigenvalue weighted by Crippen LogP contribution is 2.32. The molecule has 0 saturated heterocycles. The van der Waals surface area contributed by atoms with Gasteiger partial charge >= 0.3 is 0 Å². The largest absolute Gasteiger partial charge is 0.332 e. The van der Waals surface area contributed by atoms with Gasteiger partial charge in [-0.1, -0.05) is 84.6 Å². The maximum atomic E-state index is 12.4. The van der Waals surface area contributed by atoms with Crippen LogP contribution in [0, 0.1) is 11.3 Å². The van der Waals surface area contributed by atoms with Gasteiger partial charge in [0.15, 0.2) is 5.16 Å². The molecule has 0 aliphatic rings. The molecule has 0 fully saturated rings. The molecule has 31 heavy (non-hydrogen) atoms. The summed E-state index contributed by atoms with van der Waals surface area (Å²) in [5, 5.41) is 12.3. The van der Waals surface area contributed by atoms with Crippen molar-refractivity contribution in [1.29, 1.82) is 5.26 Å². The SMILES string of the molecule is N#CCc1ccc(NC(=O)CSc2nc(-c3ccccc3)c(-c3ccccc3)[nH]2)cc1. The number of aromatic amines is 1. The van der Waals surface area contributed by atoms with Crippen molar-refractivity contribution in [2.75, 3.05) is 11.1 Å². The predicted octanol–water partition coefficient (Wildman–Crippen LogP) is 5.54. The van der Waals surface area contributed by atoms with E-state index in [4.69, 9.17) is 10.2 Å². The second-order valence-corrected chi connectivity index (χ2v) is 7.83. The first-order valence-electron chi connectivity index (χ1n) is 9.82. The lowest BCUT2D eigenvalue weighted by Gasteiger charge is -2.05. The van der Waals surface area contributed by atoms with Gasteiger partial charge in [-0.15, -0.1) is 0 Å². The molecule has 1 amide bonds. The topological polar surface area (TPSA) is 81.6 Å². The molecule has 0 saturated carbocycles. The summed E-state index contributed by atoms with van der Waals surface area (Å²) < 4.78 is 0. The first-order chi connectivity index (χ1) is 15.2. The first kappa shape index (κ1) is 20.5. The van der Waals surface area contributed by atoms with Gasteiger partial charge in [0.25, 0.3) is 0 Å². The minimum absolute atomic E-state index is 0.114. The molecule has 1 aromatic heterocycles. The van der Waals surface area contributed by atoms with E-state index in [1.165, 1.54) is 11.8 Å². The number of carbonyl (C=O) groups excluding carboxylic acids is 1. The number of rotatable bonds is 7. The van der Waals surface area contributed by atoms with Gasteiger partial charge in [0.05, 0.1) is 29.6 Å². The average Bonchev–Trinajstić information content (AvgIpc) is 3.25. The van der Waals surface area contributed by atoms with Gasteiger partial charge in [-0.3, -0.25) is 4.79 Å². The third kappa shape index (κ3) is 5.21. The van der Waals surface area contributed by atoms with E-state index < -0.39 is 0 Å². The summed E-state index contributed by atoms with van der Waals surface area (Å²) in [4.78, 5) is 20.5. The molecule has 152 valence electrons. The summed E-state index contributed by atoms with van der Waals surface area (Å²) in [5.41, 5.74) is 5.49. The Morgan fingerprint density at radius 3 is 2.23 bits per heavy atom. The van der Waals surface area contributed by atoms with E-state index in [-0.39, 0.29) is 11.7 Å². The summed E-state index contributed by atoms with van der Waals surface area (Å²) in [7, 11) is 0. The molecule has 6 heteroatoms. The number of imidazole rings is 1.